The monoisotopic (exact) mass is 346 g/mol. The number of fused-ring (bicyclic) bond motifs is 1. The number of nitrogens with one attached hydrogen (secondary N) is 1. The van der Waals surface area contributed by atoms with Gasteiger partial charge in [-0.15, -0.1) is 0 Å². The van der Waals surface area contributed by atoms with Crippen LogP contribution in [0.1, 0.15) is 18.4 Å². The molecule has 2 heterocycles. The second-order valence-electron chi connectivity index (χ2n) is 7.08. The van der Waals surface area contributed by atoms with Crippen molar-refractivity contribution < 1.29 is 0 Å². The lowest BCUT2D eigenvalue weighted by Gasteiger charge is -2.34. The number of hydrogen-bond acceptors (Lipinski definition) is 3. The molecule has 0 bridgehead atoms. The second-order valence-corrected chi connectivity index (χ2v) is 7.08. The van der Waals surface area contributed by atoms with Crippen molar-refractivity contribution in [3.63, 3.8) is 0 Å². The van der Waals surface area contributed by atoms with E-state index < -0.39 is 0 Å². The molecule has 26 heavy (non-hydrogen) atoms. The van der Waals surface area contributed by atoms with Gasteiger partial charge < -0.3 is 10.2 Å². The van der Waals surface area contributed by atoms with Gasteiger partial charge in [0, 0.05) is 24.5 Å². The first kappa shape index (κ1) is 16.9. The molecule has 0 radical (unpaired) electrons. The minimum Gasteiger partial charge on any atom is -0.372 e. The van der Waals surface area contributed by atoms with E-state index in [0.29, 0.717) is 0 Å². The first-order valence-electron chi connectivity index (χ1n) is 9.37. The van der Waals surface area contributed by atoms with Gasteiger partial charge in [-0.25, -0.2) is 4.98 Å². The Bertz CT molecular complexity index is 886. The summed E-state index contributed by atoms with van der Waals surface area (Å²) >= 11 is 0. The molecule has 0 unspecified atom stereocenters. The molecule has 0 aliphatic carbocycles. The van der Waals surface area contributed by atoms with E-state index in [1.54, 1.807) is 0 Å². The van der Waals surface area contributed by atoms with Gasteiger partial charge in [0.1, 0.15) is 6.33 Å². The molecule has 3 aromatic rings. The van der Waals surface area contributed by atoms with Crippen LogP contribution in [-0.2, 0) is 0 Å². The smallest absolute Gasteiger partial charge is 0.100 e. The van der Waals surface area contributed by atoms with Gasteiger partial charge in [-0.1, -0.05) is 30.8 Å². The van der Waals surface area contributed by atoms with E-state index in [1.165, 1.54) is 18.4 Å². The maximum absolute atomic E-state index is 4.48. The van der Waals surface area contributed by atoms with Crippen molar-refractivity contribution >= 4 is 16.7 Å². The second kappa shape index (κ2) is 7.34. The van der Waals surface area contributed by atoms with Crippen LogP contribution in [0.2, 0.25) is 0 Å². The summed E-state index contributed by atoms with van der Waals surface area (Å²) in [6.07, 6.45) is 4.36. The van der Waals surface area contributed by atoms with Crippen LogP contribution < -0.4 is 5.32 Å². The predicted octanol–water partition coefficient (Wildman–Crippen LogP) is 3.93. The SMILES string of the molecule is C=C(c1ccc(-n2cnc3ccccc32)cc1)N1CCC(CNC)CC1. The summed E-state index contributed by atoms with van der Waals surface area (Å²) in [4.78, 5) is 6.90. The molecule has 1 aliphatic rings. The highest BCUT2D eigenvalue weighted by Crippen LogP contribution is 2.26. The Kier molecular flexibility index (Phi) is 4.76. The summed E-state index contributed by atoms with van der Waals surface area (Å²) in [7, 11) is 2.04. The van der Waals surface area contributed by atoms with Crippen molar-refractivity contribution in [3.8, 4) is 5.69 Å². The standard InChI is InChI=1S/C22H26N4/c1-17(25-13-11-18(12-14-25)15-23-2)19-7-9-20(10-8-19)26-16-24-21-5-3-4-6-22(21)26/h3-10,16,18,23H,1,11-15H2,2H3. The van der Waals surface area contributed by atoms with Gasteiger partial charge in [-0.3, -0.25) is 4.57 Å². The highest BCUT2D eigenvalue weighted by molar-refractivity contribution is 5.77. The van der Waals surface area contributed by atoms with Crippen molar-refractivity contribution in [2.45, 2.75) is 12.8 Å². The summed E-state index contributed by atoms with van der Waals surface area (Å²) in [6, 6.07) is 16.9. The van der Waals surface area contributed by atoms with Crippen molar-refractivity contribution in [2.24, 2.45) is 5.92 Å². The maximum Gasteiger partial charge on any atom is 0.100 e. The van der Waals surface area contributed by atoms with Crippen molar-refractivity contribution in [3.05, 3.63) is 67.0 Å². The zero-order valence-corrected chi connectivity index (χ0v) is 15.4. The number of piperidine rings is 1. The van der Waals surface area contributed by atoms with Crippen LogP contribution in [0.5, 0.6) is 0 Å². The van der Waals surface area contributed by atoms with Crippen LogP contribution in [0, 0.1) is 5.92 Å². The molecule has 1 fully saturated rings. The van der Waals surface area contributed by atoms with Gasteiger partial charge in [0.2, 0.25) is 0 Å². The molecule has 0 saturated carbocycles. The van der Waals surface area contributed by atoms with E-state index in [2.05, 4.69) is 62.7 Å². The topological polar surface area (TPSA) is 33.1 Å². The Labute approximate surface area is 155 Å². The summed E-state index contributed by atoms with van der Waals surface area (Å²) in [5.74, 6) is 0.793. The zero-order chi connectivity index (χ0) is 17.9. The molecule has 4 nitrogen and oxygen atoms in total. The number of likely N-dealkylation sites (tertiary alicyclic amines) is 1. The number of rotatable bonds is 5. The van der Waals surface area contributed by atoms with Crippen LogP contribution in [-0.4, -0.2) is 41.1 Å². The lowest BCUT2D eigenvalue weighted by atomic mass is 9.96. The molecule has 2 aromatic carbocycles. The van der Waals surface area contributed by atoms with Gasteiger partial charge in [0.25, 0.3) is 0 Å². The van der Waals surface area contributed by atoms with E-state index in [-0.39, 0.29) is 0 Å². The molecular formula is C22H26N4. The predicted molar refractivity (Wildman–Crippen MR) is 108 cm³/mol. The molecule has 4 rings (SSSR count). The molecule has 4 heteroatoms. The van der Waals surface area contributed by atoms with Crippen LogP contribution in [0.3, 0.4) is 0 Å². The van der Waals surface area contributed by atoms with Crippen molar-refractivity contribution in [1.82, 2.24) is 19.8 Å². The molecule has 1 saturated heterocycles. The number of nitrogens with zero attached hydrogens (tertiary/aromatic N) is 3. The minimum atomic E-state index is 0.793. The molecule has 1 N–H and O–H groups in total. The zero-order valence-electron chi connectivity index (χ0n) is 15.4. The fraction of sp³-hybridized carbons (Fsp3) is 0.318. The number of hydrogen-bond donors (Lipinski definition) is 1. The number of para-hydroxylation sites is 2. The molecule has 0 spiro atoms. The highest BCUT2D eigenvalue weighted by Gasteiger charge is 2.20. The number of imidazole rings is 1. The lowest BCUT2D eigenvalue weighted by Crippen LogP contribution is -2.35. The van der Waals surface area contributed by atoms with E-state index in [1.807, 2.05) is 25.5 Å². The molecule has 1 aliphatic heterocycles. The van der Waals surface area contributed by atoms with E-state index in [0.717, 1.165) is 48.0 Å². The van der Waals surface area contributed by atoms with E-state index >= 15 is 0 Å². The normalized spacial score (nSPS) is 15.5. The first-order valence-corrected chi connectivity index (χ1v) is 9.37. The Morgan fingerprint density at radius 2 is 1.85 bits per heavy atom. The van der Waals surface area contributed by atoms with E-state index in [9.17, 15) is 0 Å². The fourth-order valence-corrected chi connectivity index (χ4v) is 3.86. The third-order valence-electron chi connectivity index (χ3n) is 5.42. The van der Waals surface area contributed by atoms with Crippen LogP contribution >= 0.6 is 0 Å². The number of benzene rings is 2. The summed E-state index contributed by atoms with van der Waals surface area (Å²) in [6.45, 7) is 7.66. The fourth-order valence-electron chi connectivity index (χ4n) is 3.86. The third kappa shape index (κ3) is 3.25. The van der Waals surface area contributed by atoms with Crippen molar-refractivity contribution in [1.29, 1.82) is 0 Å². The molecule has 0 amide bonds. The van der Waals surface area contributed by atoms with Gasteiger partial charge in [0.15, 0.2) is 0 Å². The van der Waals surface area contributed by atoms with E-state index in [4.69, 9.17) is 0 Å². The van der Waals surface area contributed by atoms with Gasteiger partial charge >= 0.3 is 0 Å². The van der Waals surface area contributed by atoms with Crippen LogP contribution in [0.25, 0.3) is 22.4 Å². The van der Waals surface area contributed by atoms with Gasteiger partial charge in [-0.05, 0) is 62.2 Å². The summed E-state index contributed by atoms with van der Waals surface area (Å²) in [5, 5.41) is 3.30. The largest absolute Gasteiger partial charge is 0.372 e. The van der Waals surface area contributed by atoms with Crippen molar-refractivity contribution in [2.75, 3.05) is 26.7 Å². The van der Waals surface area contributed by atoms with Crippen LogP contribution in [0.4, 0.5) is 0 Å². The highest BCUT2D eigenvalue weighted by atomic mass is 15.1. The quantitative estimate of drug-likeness (QED) is 0.760. The Morgan fingerprint density at radius 3 is 2.58 bits per heavy atom. The average molecular weight is 346 g/mol. The third-order valence-corrected chi connectivity index (χ3v) is 5.42. The molecular weight excluding hydrogens is 320 g/mol. The Hall–Kier alpha value is -2.59. The van der Waals surface area contributed by atoms with Gasteiger partial charge in [-0.2, -0.15) is 0 Å². The summed E-state index contributed by atoms with van der Waals surface area (Å²) in [5.41, 5.74) is 5.61. The lowest BCUT2D eigenvalue weighted by molar-refractivity contribution is 0.253. The Morgan fingerprint density at radius 1 is 1.12 bits per heavy atom. The first-order chi connectivity index (χ1) is 12.8. The van der Waals surface area contributed by atoms with Crippen LogP contribution in [0.15, 0.2) is 61.4 Å². The molecule has 0 atom stereocenters. The minimum absolute atomic E-state index is 0.793. The molecule has 1 aromatic heterocycles. The number of aromatic nitrogens is 2. The van der Waals surface area contributed by atoms with Gasteiger partial charge in [0.05, 0.1) is 11.0 Å². The average Bonchev–Trinajstić information content (AvgIpc) is 3.13. The maximum atomic E-state index is 4.48. The summed E-state index contributed by atoms with van der Waals surface area (Å²) < 4.78 is 2.13. The molecule has 134 valence electrons. The Balaban J connectivity index is 1.49.